The van der Waals surface area contributed by atoms with Crippen molar-refractivity contribution in [1.29, 1.82) is 0 Å². The topological polar surface area (TPSA) is 4.93 Å². The Bertz CT molecular complexity index is 859. The maximum atomic E-state index is 15.3. The van der Waals surface area contributed by atoms with Gasteiger partial charge >= 0.3 is 146 Å². The summed E-state index contributed by atoms with van der Waals surface area (Å²) in [7, 11) is 0. The summed E-state index contributed by atoms with van der Waals surface area (Å²) < 4.78 is 34.5. The van der Waals surface area contributed by atoms with E-state index >= 15 is 4.39 Å². The predicted molar refractivity (Wildman–Crippen MR) is 89.0 cm³/mol. The van der Waals surface area contributed by atoms with E-state index < -0.39 is 29.5 Å². The number of rotatable bonds is 4. The Morgan fingerprint density at radius 3 is 2.04 bits per heavy atom. The average Bonchev–Trinajstić information content (AvgIpc) is 3.34. The van der Waals surface area contributed by atoms with Gasteiger partial charge in [0, 0.05) is 0 Å². The second-order valence-corrected chi connectivity index (χ2v) is 9.83. The van der Waals surface area contributed by atoms with Gasteiger partial charge in [-0.1, -0.05) is 0 Å². The van der Waals surface area contributed by atoms with E-state index in [1.54, 1.807) is 17.0 Å². The van der Waals surface area contributed by atoms with Crippen molar-refractivity contribution in [3.63, 3.8) is 0 Å². The van der Waals surface area contributed by atoms with Gasteiger partial charge in [-0.05, 0) is 0 Å². The van der Waals surface area contributed by atoms with Crippen molar-refractivity contribution in [2.24, 2.45) is 0 Å². The van der Waals surface area contributed by atoms with Crippen LogP contribution in [0.3, 0.4) is 0 Å². The molecule has 0 saturated carbocycles. The molecule has 24 heavy (non-hydrogen) atoms. The van der Waals surface area contributed by atoms with Crippen molar-refractivity contribution in [2.45, 2.75) is 12.8 Å². The minimum absolute atomic E-state index is 0.311. The van der Waals surface area contributed by atoms with E-state index in [1.807, 2.05) is 24.3 Å². The molecule has 0 fully saturated rings. The van der Waals surface area contributed by atoms with Gasteiger partial charge in [0.1, 0.15) is 0 Å². The fourth-order valence-corrected chi connectivity index (χ4v) is 7.78. The van der Waals surface area contributed by atoms with Crippen LogP contribution in [-0.2, 0) is 17.9 Å². The first kappa shape index (κ1) is 15.6. The number of hydrogen-bond donors (Lipinski definition) is 0. The zero-order valence-electron chi connectivity index (χ0n) is 13.0. The molecule has 1 nitrogen and oxygen atoms in total. The molecule has 2 aromatic rings. The summed E-state index contributed by atoms with van der Waals surface area (Å²) >= 11 is -2.42. The molecule has 1 aromatic heterocycles. The maximum absolute atomic E-state index is 15.3. The van der Waals surface area contributed by atoms with E-state index in [0.717, 1.165) is 12.8 Å². The number of halogens is 2. The molecule has 2 aliphatic carbocycles. The third-order valence-electron chi connectivity index (χ3n) is 4.39. The quantitative estimate of drug-likeness (QED) is 0.701. The van der Waals surface area contributed by atoms with Gasteiger partial charge in [0.15, 0.2) is 0 Å². The second-order valence-electron chi connectivity index (χ2n) is 5.87. The van der Waals surface area contributed by atoms with Gasteiger partial charge in [-0.25, -0.2) is 0 Å². The third kappa shape index (κ3) is 2.68. The molecule has 0 unspecified atom stereocenters. The van der Waals surface area contributed by atoms with Crippen molar-refractivity contribution in [2.75, 3.05) is 0 Å². The molecule has 0 saturated heterocycles. The van der Waals surface area contributed by atoms with Crippen LogP contribution in [0.2, 0.25) is 0 Å². The van der Waals surface area contributed by atoms with Crippen LogP contribution in [0.1, 0.15) is 12.8 Å². The van der Waals surface area contributed by atoms with Crippen LogP contribution >= 0.6 is 0 Å². The molecular formula is C20H16F2NTi. The Morgan fingerprint density at radius 1 is 0.875 bits per heavy atom. The zero-order chi connectivity index (χ0) is 16.5. The first-order valence-electron chi connectivity index (χ1n) is 7.96. The molecule has 4 rings (SSSR count). The van der Waals surface area contributed by atoms with Gasteiger partial charge in [-0.15, -0.1) is 0 Å². The molecule has 0 aliphatic heterocycles. The predicted octanol–water partition coefficient (Wildman–Crippen LogP) is 4.69. The molecule has 1 heterocycles. The molecule has 2 aliphatic rings. The number of aromatic nitrogens is 1. The van der Waals surface area contributed by atoms with Crippen molar-refractivity contribution >= 4 is 3.87 Å². The fourth-order valence-electron chi connectivity index (χ4n) is 3.26. The number of benzene rings is 1. The normalized spacial score (nSPS) is 15.8. The van der Waals surface area contributed by atoms with Crippen molar-refractivity contribution in [3.05, 3.63) is 92.5 Å². The standard InChI is InChI=1S/C10H6F2N.2C5H5.Ti/c11-8-3-4-10(9(12)7-8)13-5-1-2-6-13;2*1-2-4-5-3-1;/h1-6H;2*1-3H,4H2;. The zero-order valence-corrected chi connectivity index (χ0v) is 14.6. The van der Waals surface area contributed by atoms with Crippen LogP contribution in [0.25, 0.3) is 5.69 Å². The molecule has 4 heteroatoms. The van der Waals surface area contributed by atoms with Gasteiger partial charge in [0.05, 0.1) is 0 Å². The van der Waals surface area contributed by atoms with Gasteiger partial charge in [-0.2, -0.15) is 0 Å². The van der Waals surface area contributed by atoms with Crippen LogP contribution in [0, 0.1) is 11.6 Å². The van der Waals surface area contributed by atoms with Crippen LogP contribution in [0.4, 0.5) is 8.78 Å². The number of hydrogen-bond acceptors (Lipinski definition) is 0. The summed E-state index contributed by atoms with van der Waals surface area (Å²) in [4.78, 5) is 0. The van der Waals surface area contributed by atoms with Crippen LogP contribution < -0.4 is 3.87 Å². The summed E-state index contributed by atoms with van der Waals surface area (Å²) in [5.41, 5.74) is 0.416. The summed E-state index contributed by atoms with van der Waals surface area (Å²) in [6, 6.07) is 6.61. The molecular weight excluding hydrogens is 340 g/mol. The Labute approximate surface area is 146 Å². The molecule has 0 spiro atoms. The first-order chi connectivity index (χ1) is 11.8. The Morgan fingerprint density at radius 2 is 1.50 bits per heavy atom. The first-order valence-corrected chi connectivity index (χ1v) is 10.3. The van der Waals surface area contributed by atoms with E-state index in [0.29, 0.717) is 9.56 Å². The van der Waals surface area contributed by atoms with E-state index in [2.05, 4.69) is 24.3 Å². The van der Waals surface area contributed by atoms with Crippen LogP contribution in [-0.4, -0.2) is 4.57 Å². The van der Waals surface area contributed by atoms with Crippen molar-refractivity contribution in [1.82, 2.24) is 4.57 Å². The Kier molecular flexibility index (Phi) is 4.21. The van der Waals surface area contributed by atoms with E-state index in [9.17, 15) is 4.39 Å². The Hall–Kier alpha value is -1.97. The summed E-state index contributed by atoms with van der Waals surface area (Å²) in [6.45, 7) is 0. The molecule has 119 valence electrons. The van der Waals surface area contributed by atoms with E-state index in [-0.39, 0.29) is 0 Å². The third-order valence-corrected chi connectivity index (χ3v) is 9.05. The van der Waals surface area contributed by atoms with Crippen LogP contribution in [0.5, 0.6) is 0 Å². The molecule has 0 bridgehead atoms. The molecule has 0 radical (unpaired) electrons. The van der Waals surface area contributed by atoms with E-state index in [4.69, 9.17) is 0 Å². The number of allylic oxidation sites excluding steroid dienone is 8. The second kappa shape index (κ2) is 6.50. The average molecular weight is 356 g/mol. The molecule has 0 N–H and O–H groups in total. The number of nitrogens with zero attached hydrogens (tertiary/aromatic N) is 1. The monoisotopic (exact) mass is 356 g/mol. The fraction of sp³-hybridized carbons (Fsp3) is 0.100. The summed E-state index contributed by atoms with van der Waals surface area (Å²) in [5, 5.41) is 0. The van der Waals surface area contributed by atoms with E-state index in [1.165, 1.54) is 19.9 Å². The SMILES string of the molecule is Fc1ccc(-n2cccc2)c(F)[c]1[Ti]([C]1=CC=CC1)[C]1=CC=CC1. The molecule has 1 aromatic carbocycles. The molecule has 0 atom stereocenters. The van der Waals surface area contributed by atoms with Gasteiger partial charge < -0.3 is 0 Å². The van der Waals surface area contributed by atoms with Crippen molar-refractivity contribution < 1.29 is 26.7 Å². The molecule has 0 amide bonds. The Balaban J connectivity index is 1.87. The minimum atomic E-state index is -2.42. The van der Waals surface area contributed by atoms with Gasteiger partial charge in [-0.3, -0.25) is 0 Å². The van der Waals surface area contributed by atoms with Gasteiger partial charge in [0.2, 0.25) is 0 Å². The summed E-state index contributed by atoms with van der Waals surface area (Å²) in [5.74, 6) is -0.833. The van der Waals surface area contributed by atoms with Crippen molar-refractivity contribution in [3.8, 4) is 5.69 Å². The van der Waals surface area contributed by atoms with Crippen LogP contribution in [0.15, 0.2) is 80.9 Å². The summed E-state index contributed by atoms with van der Waals surface area (Å²) in [6.07, 6.45) is 17.4. The van der Waals surface area contributed by atoms with Gasteiger partial charge in [0.25, 0.3) is 0 Å².